The molecule has 0 aliphatic rings. The van der Waals surface area contributed by atoms with E-state index in [-0.39, 0.29) is 5.88 Å². The lowest BCUT2D eigenvalue weighted by Crippen LogP contribution is -1.93. The predicted molar refractivity (Wildman–Crippen MR) is 62.6 cm³/mol. The Hall–Kier alpha value is -1.35. The van der Waals surface area contributed by atoms with Gasteiger partial charge in [-0.25, -0.2) is 0 Å². The highest BCUT2D eigenvalue weighted by Gasteiger charge is 2.06. The number of nitrogens with zero attached hydrogens (tertiary/aromatic N) is 2. The van der Waals surface area contributed by atoms with Gasteiger partial charge in [0.15, 0.2) is 5.82 Å². The molecule has 1 aromatic heterocycles. The van der Waals surface area contributed by atoms with Crippen LogP contribution in [0.1, 0.15) is 28.4 Å². The van der Waals surface area contributed by atoms with Crippen molar-refractivity contribution >= 4 is 11.6 Å². The van der Waals surface area contributed by atoms with E-state index in [4.69, 9.17) is 16.1 Å². The molecule has 16 heavy (non-hydrogen) atoms. The molecule has 3 nitrogen and oxygen atoms in total. The van der Waals surface area contributed by atoms with E-state index in [9.17, 15) is 0 Å². The van der Waals surface area contributed by atoms with Gasteiger partial charge in [0.05, 0.1) is 0 Å². The lowest BCUT2D eigenvalue weighted by atomic mass is 10.1. The molecule has 2 aromatic rings. The van der Waals surface area contributed by atoms with E-state index in [0.717, 1.165) is 0 Å². The summed E-state index contributed by atoms with van der Waals surface area (Å²) in [5.74, 6) is 1.42. The molecule has 0 fully saturated rings. The molecule has 0 atom stereocenters. The summed E-state index contributed by atoms with van der Waals surface area (Å²) in [4.78, 5) is 4.17. The van der Waals surface area contributed by atoms with Crippen molar-refractivity contribution in [1.29, 1.82) is 0 Å². The molecule has 0 saturated heterocycles. The maximum absolute atomic E-state index is 5.60. The fourth-order valence-corrected chi connectivity index (χ4v) is 1.88. The van der Waals surface area contributed by atoms with Gasteiger partial charge in [-0.2, -0.15) is 4.98 Å². The van der Waals surface area contributed by atoms with Crippen LogP contribution < -0.4 is 0 Å². The minimum Gasteiger partial charge on any atom is -0.338 e. The van der Waals surface area contributed by atoms with E-state index < -0.39 is 0 Å². The molecule has 0 bridgehead atoms. The number of alkyl halides is 1. The highest BCUT2D eigenvalue weighted by atomic mass is 35.5. The topological polar surface area (TPSA) is 38.9 Å². The molecular weight excluding hydrogens is 224 g/mol. The van der Waals surface area contributed by atoms with Crippen LogP contribution in [0.3, 0.4) is 0 Å². The smallest absolute Gasteiger partial charge is 0.241 e. The average Bonchev–Trinajstić information content (AvgIpc) is 2.64. The van der Waals surface area contributed by atoms with E-state index in [1.807, 2.05) is 0 Å². The zero-order valence-corrected chi connectivity index (χ0v) is 10.1. The molecule has 0 saturated carbocycles. The Morgan fingerprint density at radius 2 is 1.88 bits per heavy atom. The minimum atomic E-state index is 0.264. The molecule has 2 rings (SSSR count). The molecule has 1 aromatic carbocycles. The van der Waals surface area contributed by atoms with Gasteiger partial charge in [0.2, 0.25) is 5.89 Å². The molecule has 0 unspecified atom stereocenters. The van der Waals surface area contributed by atoms with Gasteiger partial charge in [-0.15, -0.1) is 11.6 Å². The average molecular weight is 237 g/mol. The molecule has 0 N–H and O–H groups in total. The fourth-order valence-electron chi connectivity index (χ4n) is 1.77. The standard InChI is InChI=1S/C12H13ClN2O/c1-8-3-9(2)5-10(4-8)6-11-14-12(7-13)16-15-11/h3-5H,6-7H2,1-2H3. The normalized spacial score (nSPS) is 10.7. The monoisotopic (exact) mass is 236 g/mol. The summed E-state index contributed by atoms with van der Waals surface area (Å²) >= 11 is 5.60. The van der Waals surface area contributed by atoms with Gasteiger partial charge in [0, 0.05) is 6.42 Å². The van der Waals surface area contributed by atoms with Crippen LogP contribution in [0.2, 0.25) is 0 Å². The summed E-state index contributed by atoms with van der Waals surface area (Å²) in [5, 5.41) is 3.87. The SMILES string of the molecule is Cc1cc(C)cc(Cc2noc(CCl)n2)c1. The van der Waals surface area contributed by atoms with Crippen LogP contribution >= 0.6 is 11.6 Å². The van der Waals surface area contributed by atoms with Gasteiger partial charge in [0.25, 0.3) is 0 Å². The second kappa shape index (κ2) is 4.66. The number of hydrogen-bond donors (Lipinski definition) is 0. The Kier molecular flexibility index (Phi) is 3.25. The molecule has 0 spiro atoms. The lowest BCUT2D eigenvalue weighted by molar-refractivity contribution is 0.385. The van der Waals surface area contributed by atoms with Crippen molar-refractivity contribution in [2.24, 2.45) is 0 Å². The highest BCUT2D eigenvalue weighted by molar-refractivity contribution is 6.16. The number of halogens is 1. The summed E-state index contributed by atoms with van der Waals surface area (Å²) in [7, 11) is 0. The van der Waals surface area contributed by atoms with E-state index in [2.05, 4.69) is 42.2 Å². The van der Waals surface area contributed by atoms with Crippen molar-refractivity contribution < 1.29 is 4.52 Å². The molecule has 84 valence electrons. The fraction of sp³-hybridized carbons (Fsp3) is 0.333. The summed E-state index contributed by atoms with van der Waals surface area (Å²) in [6.45, 7) is 4.16. The number of rotatable bonds is 3. The maximum Gasteiger partial charge on any atom is 0.241 e. The van der Waals surface area contributed by atoms with Crippen LogP contribution in [0.15, 0.2) is 22.7 Å². The van der Waals surface area contributed by atoms with Crippen molar-refractivity contribution in [3.05, 3.63) is 46.6 Å². The van der Waals surface area contributed by atoms with Crippen molar-refractivity contribution in [1.82, 2.24) is 10.1 Å². The second-order valence-electron chi connectivity index (χ2n) is 3.91. The Balaban J connectivity index is 2.19. The van der Waals surface area contributed by atoms with Crippen LogP contribution in [0.4, 0.5) is 0 Å². The third kappa shape index (κ3) is 2.61. The summed E-state index contributed by atoms with van der Waals surface area (Å²) in [5.41, 5.74) is 3.69. The Morgan fingerprint density at radius 1 is 1.19 bits per heavy atom. The highest BCUT2D eigenvalue weighted by Crippen LogP contribution is 2.12. The van der Waals surface area contributed by atoms with Crippen molar-refractivity contribution in [2.45, 2.75) is 26.1 Å². The second-order valence-corrected chi connectivity index (χ2v) is 4.18. The summed E-state index contributed by atoms with van der Waals surface area (Å²) in [6, 6.07) is 6.40. The summed E-state index contributed by atoms with van der Waals surface area (Å²) in [6.07, 6.45) is 0.683. The molecule has 0 radical (unpaired) electrons. The Bertz CT molecular complexity index is 473. The van der Waals surface area contributed by atoms with Gasteiger partial charge >= 0.3 is 0 Å². The van der Waals surface area contributed by atoms with Crippen molar-refractivity contribution in [3.8, 4) is 0 Å². The van der Waals surface area contributed by atoms with Crippen molar-refractivity contribution in [2.75, 3.05) is 0 Å². The van der Waals surface area contributed by atoms with Crippen LogP contribution in [-0.2, 0) is 12.3 Å². The minimum absolute atomic E-state index is 0.264. The van der Waals surface area contributed by atoms with Crippen LogP contribution in [0.5, 0.6) is 0 Å². The molecule has 0 amide bonds. The molecular formula is C12H13ClN2O. The molecule has 0 aliphatic carbocycles. The van der Waals surface area contributed by atoms with Gasteiger partial charge in [-0.05, 0) is 19.4 Å². The van der Waals surface area contributed by atoms with Gasteiger partial charge in [-0.3, -0.25) is 0 Å². The van der Waals surface area contributed by atoms with E-state index >= 15 is 0 Å². The Morgan fingerprint density at radius 3 is 2.44 bits per heavy atom. The number of aromatic nitrogens is 2. The Labute approximate surface area is 99.4 Å². The van der Waals surface area contributed by atoms with E-state index in [1.54, 1.807) is 0 Å². The van der Waals surface area contributed by atoms with E-state index in [0.29, 0.717) is 18.1 Å². The van der Waals surface area contributed by atoms with Gasteiger partial charge < -0.3 is 4.52 Å². The maximum atomic E-state index is 5.60. The van der Waals surface area contributed by atoms with Crippen molar-refractivity contribution in [3.63, 3.8) is 0 Å². The van der Waals surface area contributed by atoms with Gasteiger partial charge in [0.1, 0.15) is 5.88 Å². The molecule has 0 aliphatic heterocycles. The molecule has 1 heterocycles. The lowest BCUT2D eigenvalue weighted by Gasteiger charge is -2.01. The first-order valence-electron chi connectivity index (χ1n) is 5.12. The first-order valence-corrected chi connectivity index (χ1v) is 5.65. The number of aryl methyl sites for hydroxylation is 2. The first kappa shape index (κ1) is 11.1. The first-order chi connectivity index (χ1) is 7.67. The number of benzene rings is 1. The van der Waals surface area contributed by atoms with Crippen LogP contribution in [0, 0.1) is 13.8 Å². The zero-order chi connectivity index (χ0) is 11.5. The predicted octanol–water partition coefficient (Wildman–Crippen LogP) is 3.02. The quantitative estimate of drug-likeness (QED) is 0.769. The zero-order valence-electron chi connectivity index (χ0n) is 9.33. The summed E-state index contributed by atoms with van der Waals surface area (Å²) < 4.78 is 4.95. The largest absolute Gasteiger partial charge is 0.338 e. The third-order valence-corrected chi connectivity index (χ3v) is 2.50. The van der Waals surface area contributed by atoms with Gasteiger partial charge in [-0.1, -0.05) is 34.5 Å². The number of hydrogen-bond acceptors (Lipinski definition) is 3. The molecule has 4 heteroatoms. The third-order valence-electron chi connectivity index (χ3n) is 2.27. The van der Waals surface area contributed by atoms with Crippen LogP contribution in [-0.4, -0.2) is 10.1 Å². The van der Waals surface area contributed by atoms with E-state index in [1.165, 1.54) is 16.7 Å². The van der Waals surface area contributed by atoms with Crippen LogP contribution in [0.25, 0.3) is 0 Å².